The summed E-state index contributed by atoms with van der Waals surface area (Å²) in [5, 5.41) is 1.18. The van der Waals surface area contributed by atoms with Crippen LogP contribution in [0.3, 0.4) is 0 Å². The highest BCUT2D eigenvalue weighted by Gasteiger charge is 2.20. The zero-order chi connectivity index (χ0) is 23.9. The van der Waals surface area contributed by atoms with Gasteiger partial charge in [-0.3, -0.25) is 9.69 Å². The van der Waals surface area contributed by atoms with Crippen LogP contribution >= 0.6 is 11.6 Å². The molecule has 0 aliphatic heterocycles. The zero-order valence-electron chi connectivity index (χ0n) is 19.9. The van der Waals surface area contributed by atoms with Gasteiger partial charge < -0.3 is 9.55 Å². The summed E-state index contributed by atoms with van der Waals surface area (Å²) in [6.07, 6.45) is 5.84. The molecular formula is C27H32ClN5O. The van der Waals surface area contributed by atoms with Crippen molar-refractivity contribution < 1.29 is 0 Å². The highest BCUT2D eigenvalue weighted by atomic mass is 35.5. The molecule has 178 valence electrons. The van der Waals surface area contributed by atoms with Gasteiger partial charge >= 0.3 is 0 Å². The first-order valence-electron chi connectivity index (χ1n) is 12.1. The van der Waals surface area contributed by atoms with Gasteiger partial charge in [0, 0.05) is 25.2 Å². The fraction of sp³-hybridized carbons (Fsp3) is 0.370. The number of aromatic amines is 1. The lowest BCUT2D eigenvalue weighted by Crippen LogP contribution is -2.26. The van der Waals surface area contributed by atoms with Crippen LogP contribution in [0.2, 0.25) is 5.15 Å². The minimum Gasteiger partial charge on any atom is -0.325 e. The number of imidazole rings is 1. The summed E-state index contributed by atoms with van der Waals surface area (Å²) in [5.41, 5.74) is 3.87. The molecule has 0 radical (unpaired) electrons. The van der Waals surface area contributed by atoms with E-state index in [1.54, 1.807) is 0 Å². The first-order valence-corrected chi connectivity index (χ1v) is 12.5. The third-order valence-corrected chi connectivity index (χ3v) is 6.41. The van der Waals surface area contributed by atoms with Gasteiger partial charge in [0.05, 0.1) is 22.9 Å². The summed E-state index contributed by atoms with van der Waals surface area (Å²) in [4.78, 5) is 26.2. The SMILES string of the molecule is CCCCN(Cc1ccc2c(=O)[nH]cnc2c1)Cc1c(Cl)nc(-c2ccccc2)n1CCCC. The van der Waals surface area contributed by atoms with Crippen molar-refractivity contribution in [2.45, 2.75) is 59.2 Å². The largest absolute Gasteiger partial charge is 0.325 e. The van der Waals surface area contributed by atoms with E-state index in [1.807, 2.05) is 36.4 Å². The fourth-order valence-electron chi connectivity index (χ4n) is 4.25. The molecule has 2 aromatic carbocycles. The monoisotopic (exact) mass is 477 g/mol. The van der Waals surface area contributed by atoms with Gasteiger partial charge in [0.1, 0.15) is 5.82 Å². The van der Waals surface area contributed by atoms with Crippen LogP contribution in [0.4, 0.5) is 0 Å². The van der Waals surface area contributed by atoms with E-state index in [2.05, 4.69) is 45.4 Å². The van der Waals surface area contributed by atoms with Gasteiger partial charge in [-0.25, -0.2) is 9.97 Å². The Hall–Kier alpha value is -2.96. The topological polar surface area (TPSA) is 66.8 Å². The molecule has 34 heavy (non-hydrogen) atoms. The molecule has 0 amide bonds. The van der Waals surface area contributed by atoms with Gasteiger partial charge in [-0.05, 0) is 37.1 Å². The summed E-state index contributed by atoms with van der Waals surface area (Å²) in [5.74, 6) is 0.929. The predicted molar refractivity (Wildman–Crippen MR) is 139 cm³/mol. The third kappa shape index (κ3) is 5.57. The smallest absolute Gasteiger partial charge is 0.258 e. The summed E-state index contributed by atoms with van der Waals surface area (Å²) in [6.45, 7) is 7.71. The summed E-state index contributed by atoms with van der Waals surface area (Å²) in [7, 11) is 0. The molecule has 2 aromatic heterocycles. The van der Waals surface area contributed by atoms with Crippen LogP contribution < -0.4 is 5.56 Å². The first-order chi connectivity index (χ1) is 16.6. The maximum Gasteiger partial charge on any atom is 0.258 e. The highest BCUT2D eigenvalue weighted by molar-refractivity contribution is 6.30. The molecular weight excluding hydrogens is 446 g/mol. The van der Waals surface area contributed by atoms with E-state index in [-0.39, 0.29) is 5.56 Å². The fourth-order valence-corrected chi connectivity index (χ4v) is 4.49. The van der Waals surface area contributed by atoms with E-state index in [0.29, 0.717) is 22.6 Å². The minimum absolute atomic E-state index is 0.112. The van der Waals surface area contributed by atoms with Crippen molar-refractivity contribution in [3.05, 3.63) is 81.6 Å². The summed E-state index contributed by atoms with van der Waals surface area (Å²) < 4.78 is 2.29. The average molecular weight is 478 g/mol. The van der Waals surface area contributed by atoms with Crippen LogP contribution in [0.1, 0.15) is 50.8 Å². The molecule has 2 heterocycles. The minimum atomic E-state index is -0.112. The van der Waals surface area contributed by atoms with Crippen LogP contribution in [0.15, 0.2) is 59.7 Å². The molecule has 0 saturated heterocycles. The van der Waals surface area contributed by atoms with Crippen molar-refractivity contribution >= 4 is 22.5 Å². The number of fused-ring (bicyclic) bond motifs is 1. The molecule has 7 heteroatoms. The Balaban J connectivity index is 1.65. The van der Waals surface area contributed by atoms with Crippen LogP contribution in [0, 0.1) is 0 Å². The number of nitrogens with one attached hydrogen (secondary N) is 1. The standard InChI is InChI=1S/C27H32ClN5O/c1-3-5-14-32(17-20-12-13-22-23(16-20)29-19-30-27(22)34)18-24-25(28)31-26(33(24)15-6-4-2)21-10-8-7-9-11-21/h7-13,16,19H,3-6,14-15,17-18H2,1-2H3,(H,29,30,34). The molecule has 0 unspecified atom stereocenters. The second-order valence-electron chi connectivity index (χ2n) is 8.69. The number of unbranched alkanes of at least 4 members (excludes halogenated alkanes) is 2. The second kappa shape index (κ2) is 11.4. The predicted octanol–water partition coefficient (Wildman–Crippen LogP) is 6.04. The summed E-state index contributed by atoms with van der Waals surface area (Å²) in [6, 6.07) is 16.2. The maximum absolute atomic E-state index is 12.0. The number of nitrogens with zero attached hydrogens (tertiary/aromatic N) is 4. The molecule has 4 aromatic rings. The molecule has 1 N–H and O–H groups in total. The molecule has 0 saturated carbocycles. The molecule has 0 aliphatic carbocycles. The van der Waals surface area contributed by atoms with Gasteiger partial charge in [0.2, 0.25) is 0 Å². The second-order valence-corrected chi connectivity index (χ2v) is 9.05. The van der Waals surface area contributed by atoms with Gasteiger partial charge in [0.15, 0.2) is 5.15 Å². The first kappa shape index (κ1) is 24.2. The van der Waals surface area contributed by atoms with E-state index in [4.69, 9.17) is 16.6 Å². The Labute approximate surface area is 205 Å². The summed E-state index contributed by atoms with van der Waals surface area (Å²) >= 11 is 6.75. The van der Waals surface area contributed by atoms with E-state index in [9.17, 15) is 4.79 Å². The third-order valence-electron chi connectivity index (χ3n) is 6.10. The Bertz CT molecular complexity index is 1280. The Morgan fingerprint density at radius 2 is 1.82 bits per heavy atom. The van der Waals surface area contributed by atoms with Crippen molar-refractivity contribution in [2.75, 3.05) is 6.54 Å². The van der Waals surface area contributed by atoms with Gasteiger partial charge in [-0.1, -0.05) is 74.7 Å². The quantitative estimate of drug-likeness (QED) is 0.286. The van der Waals surface area contributed by atoms with Crippen molar-refractivity contribution in [2.24, 2.45) is 0 Å². The van der Waals surface area contributed by atoms with Crippen LogP contribution in [-0.4, -0.2) is 31.0 Å². The molecule has 6 nitrogen and oxygen atoms in total. The number of halogens is 1. The molecule has 0 atom stereocenters. The van der Waals surface area contributed by atoms with Gasteiger partial charge in [-0.15, -0.1) is 0 Å². The lowest BCUT2D eigenvalue weighted by molar-refractivity contribution is 0.246. The number of H-pyrrole nitrogens is 1. The van der Waals surface area contributed by atoms with E-state index in [0.717, 1.165) is 68.0 Å². The zero-order valence-corrected chi connectivity index (χ0v) is 20.7. The molecule has 0 bridgehead atoms. The van der Waals surface area contributed by atoms with Crippen molar-refractivity contribution in [1.29, 1.82) is 0 Å². The van der Waals surface area contributed by atoms with Gasteiger partial charge in [-0.2, -0.15) is 0 Å². The number of hydrogen-bond donors (Lipinski definition) is 1. The Kier molecular flexibility index (Phi) is 8.14. The van der Waals surface area contributed by atoms with Crippen molar-refractivity contribution in [1.82, 2.24) is 24.4 Å². The Morgan fingerprint density at radius 3 is 2.59 bits per heavy atom. The van der Waals surface area contributed by atoms with Crippen molar-refractivity contribution in [3.63, 3.8) is 0 Å². The lowest BCUT2D eigenvalue weighted by atomic mass is 10.1. The molecule has 0 aliphatic rings. The van der Waals surface area contributed by atoms with Crippen LogP contribution in [0.5, 0.6) is 0 Å². The normalized spacial score (nSPS) is 11.5. The highest BCUT2D eigenvalue weighted by Crippen LogP contribution is 2.28. The maximum atomic E-state index is 12.0. The number of benzene rings is 2. The molecule has 0 fully saturated rings. The lowest BCUT2D eigenvalue weighted by Gasteiger charge is -2.24. The number of rotatable bonds is 11. The van der Waals surface area contributed by atoms with E-state index in [1.165, 1.54) is 6.33 Å². The van der Waals surface area contributed by atoms with E-state index >= 15 is 0 Å². The Morgan fingerprint density at radius 1 is 1.03 bits per heavy atom. The molecule has 4 rings (SSSR count). The molecule has 0 spiro atoms. The van der Waals surface area contributed by atoms with Crippen LogP contribution in [-0.2, 0) is 19.6 Å². The average Bonchev–Trinajstić information content (AvgIpc) is 3.16. The van der Waals surface area contributed by atoms with Gasteiger partial charge in [0.25, 0.3) is 5.56 Å². The van der Waals surface area contributed by atoms with E-state index < -0.39 is 0 Å². The number of hydrogen-bond acceptors (Lipinski definition) is 4. The number of aromatic nitrogens is 4. The van der Waals surface area contributed by atoms with Crippen LogP contribution in [0.25, 0.3) is 22.3 Å². The van der Waals surface area contributed by atoms with Crippen molar-refractivity contribution in [3.8, 4) is 11.4 Å².